The van der Waals surface area contributed by atoms with Gasteiger partial charge in [0.15, 0.2) is 0 Å². The van der Waals surface area contributed by atoms with Crippen LogP contribution in [0.15, 0.2) is 46.6 Å². The summed E-state index contributed by atoms with van der Waals surface area (Å²) in [5.41, 5.74) is 2.24. The first-order valence-corrected chi connectivity index (χ1v) is 7.88. The maximum atomic E-state index is 10.5. The van der Waals surface area contributed by atoms with Gasteiger partial charge in [0.1, 0.15) is 35.0 Å². The minimum absolute atomic E-state index is 0.0402. The quantitative estimate of drug-likeness (QED) is 0.598. The molecule has 0 amide bonds. The molecule has 0 aliphatic heterocycles. The van der Waals surface area contributed by atoms with Crippen molar-refractivity contribution in [3.05, 3.63) is 47.7 Å². The number of benzene rings is 2. The molecule has 3 N–H and O–H groups in total. The van der Waals surface area contributed by atoms with E-state index in [0.29, 0.717) is 39.8 Å². The van der Waals surface area contributed by atoms with Gasteiger partial charge >= 0.3 is 0 Å². The summed E-state index contributed by atoms with van der Waals surface area (Å²) in [6.07, 6.45) is 4.09. The topological polar surface area (TPSA) is 83.1 Å². The third-order valence-electron chi connectivity index (χ3n) is 4.08. The second kappa shape index (κ2) is 6.43. The van der Waals surface area contributed by atoms with Crippen LogP contribution in [0.3, 0.4) is 0 Å². The molecular weight excluding hydrogens is 320 g/mol. The summed E-state index contributed by atoms with van der Waals surface area (Å²) >= 11 is 0. The van der Waals surface area contributed by atoms with E-state index in [1.165, 1.54) is 12.1 Å². The molecule has 3 rings (SSSR count). The largest absolute Gasteiger partial charge is 0.508 e. The Bertz CT molecular complexity index is 962. The van der Waals surface area contributed by atoms with Crippen LogP contribution in [0, 0.1) is 0 Å². The molecule has 5 heteroatoms. The van der Waals surface area contributed by atoms with E-state index in [-0.39, 0.29) is 17.2 Å². The lowest BCUT2D eigenvalue weighted by Gasteiger charge is -2.11. The van der Waals surface area contributed by atoms with Crippen LogP contribution in [0.2, 0.25) is 0 Å². The summed E-state index contributed by atoms with van der Waals surface area (Å²) in [7, 11) is 1.55. The number of furan rings is 1. The minimum Gasteiger partial charge on any atom is -0.508 e. The molecule has 0 bridgehead atoms. The standard InChI is InChI=1S/C20H20O5/c1-11(2)4-6-13-18(23)9-15-16(19(13)24-3)10-25-20(15)14-7-5-12(21)8-17(14)22/h4-5,7-10,21-23H,6H2,1-3H3. The Kier molecular flexibility index (Phi) is 4.31. The highest BCUT2D eigenvalue weighted by atomic mass is 16.5. The lowest BCUT2D eigenvalue weighted by atomic mass is 10.0. The van der Waals surface area contributed by atoms with Gasteiger partial charge in [0.2, 0.25) is 0 Å². The number of phenolic OH excluding ortho intramolecular Hbond substituents is 3. The zero-order valence-electron chi connectivity index (χ0n) is 14.3. The maximum absolute atomic E-state index is 10.5. The Hall–Kier alpha value is -3.08. The van der Waals surface area contributed by atoms with Crippen molar-refractivity contribution in [2.45, 2.75) is 20.3 Å². The van der Waals surface area contributed by atoms with Crippen molar-refractivity contribution in [1.29, 1.82) is 0 Å². The Balaban J connectivity index is 2.22. The molecule has 5 nitrogen and oxygen atoms in total. The third-order valence-corrected chi connectivity index (χ3v) is 4.08. The number of methoxy groups -OCH3 is 1. The number of phenols is 3. The van der Waals surface area contributed by atoms with Gasteiger partial charge in [-0.05, 0) is 38.5 Å². The number of rotatable bonds is 4. The van der Waals surface area contributed by atoms with Crippen LogP contribution in [-0.4, -0.2) is 22.4 Å². The first kappa shape index (κ1) is 16.8. The number of allylic oxidation sites excluding steroid dienone is 2. The average molecular weight is 340 g/mol. The first-order chi connectivity index (χ1) is 11.9. The molecular formula is C20H20O5. The van der Waals surface area contributed by atoms with E-state index in [9.17, 15) is 15.3 Å². The molecule has 130 valence electrons. The van der Waals surface area contributed by atoms with E-state index in [1.807, 2.05) is 19.9 Å². The van der Waals surface area contributed by atoms with E-state index in [1.54, 1.807) is 25.5 Å². The van der Waals surface area contributed by atoms with E-state index >= 15 is 0 Å². The SMILES string of the molecule is COc1c(CC=C(C)C)c(O)cc2c(-c3ccc(O)cc3O)occ12. The fourth-order valence-corrected chi connectivity index (χ4v) is 2.85. The molecule has 0 saturated heterocycles. The molecule has 3 aromatic rings. The van der Waals surface area contributed by atoms with Gasteiger partial charge in [0.05, 0.1) is 18.1 Å². The van der Waals surface area contributed by atoms with Crippen molar-refractivity contribution >= 4 is 10.8 Å². The second-order valence-electron chi connectivity index (χ2n) is 6.12. The summed E-state index contributed by atoms with van der Waals surface area (Å²) < 4.78 is 11.2. The van der Waals surface area contributed by atoms with E-state index in [0.717, 1.165) is 5.57 Å². The van der Waals surface area contributed by atoms with E-state index in [2.05, 4.69) is 0 Å². The lowest BCUT2D eigenvalue weighted by molar-refractivity contribution is 0.406. The molecule has 0 spiro atoms. The van der Waals surface area contributed by atoms with Crippen molar-refractivity contribution in [3.8, 4) is 34.3 Å². The molecule has 0 unspecified atom stereocenters. The monoisotopic (exact) mass is 340 g/mol. The number of hydrogen-bond donors (Lipinski definition) is 3. The minimum atomic E-state index is -0.108. The van der Waals surface area contributed by atoms with Gasteiger partial charge in [-0.15, -0.1) is 0 Å². The Morgan fingerprint density at radius 1 is 1.08 bits per heavy atom. The van der Waals surface area contributed by atoms with Gasteiger partial charge in [-0.3, -0.25) is 0 Å². The van der Waals surface area contributed by atoms with Crippen LogP contribution in [0.1, 0.15) is 19.4 Å². The Morgan fingerprint density at radius 3 is 2.48 bits per heavy atom. The summed E-state index contributed by atoms with van der Waals surface area (Å²) in [6, 6.07) is 5.87. The zero-order valence-corrected chi connectivity index (χ0v) is 14.3. The fourth-order valence-electron chi connectivity index (χ4n) is 2.85. The van der Waals surface area contributed by atoms with Gasteiger partial charge in [-0.2, -0.15) is 0 Å². The van der Waals surface area contributed by atoms with Crippen molar-refractivity contribution in [2.75, 3.05) is 7.11 Å². The van der Waals surface area contributed by atoms with Crippen LogP contribution in [0.5, 0.6) is 23.0 Å². The summed E-state index contributed by atoms with van der Waals surface area (Å²) in [5.74, 6) is 0.892. The zero-order chi connectivity index (χ0) is 18.1. The average Bonchev–Trinajstić information content (AvgIpc) is 2.95. The smallest absolute Gasteiger partial charge is 0.145 e. The Labute approximate surface area is 145 Å². The molecule has 25 heavy (non-hydrogen) atoms. The number of aromatic hydroxyl groups is 3. The van der Waals surface area contributed by atoms with Gasteiger partial charge < -0.3 is 24.5 Å². The summed E-state index contributed by atoms with van der Waals surface area (Å²) in [4.78, 5) is 0. The fraction of sp³-hybridized carbons (Fsp3) is 0.200. The summed E-state index contributed by atoms with van der Waals surface area (Å²) in [5, 5.41) is 31.4. The van der Waals surface area contributed by atoms with Crippen LogP contribution >= 0.6 is 0 Å². The molecule has 0 atom stereocenters. The van der Waals surface area contributed by atoms with Crippen LogP contribution in [0.4, 0.5) is 0 Å². The predicted octanol–water partition coefficient (Wildman–Crippen LogP) is 4.73. The third kappa shape index (κ3) is 3.01. The molecule has 0 fully saturated rings. The Morgan fingerprint density at radius 2 is 1.84 bits per heavy atom. The number of ether oxygens (including phenoxy) is 1. The summed E-state index contributed by atoms with van der Waals surface area (Å²) in [6.45, 7) is 3.98. The predicted molar refractivity (Wildman–Crippen MR) is 96.3 cm³/mol. The lowest BCUT2D eigenvalue weighted by Crippen LogP contribution is -1.93. The second-order valence-corrected chi connectivity index (χ2v) is 6.12. The number of fused-ring (bicyclic) bond motifs is 1. The van der Waals surface area contributed by atoms with Gasteiger partial charge in [-0.25, -0.2) is 0 Å². The molecule has 0 radical (unpaired) electrons. The first-order valence-electron chi connectivity index (χ1n) is 7.88. The molecule has 1 heterocycles. The maximum Gasteiger partial charge on any atom is 0.145 e. The van der Waals surface area contributed by atoms with Crippen LogP contribution in [0.25, 0.3) is 22.1 Å². The van der Waals surface area contributed by atoms with Crippen molar-refractivity contribution < 1.29 is 24.5 Å². The van der Waals surface area contributed by atoms with Crippen molar-refractivity contribution in [1.82, 2.24) is 0 Å². The normalized spacial score (nSPS) is 10.8. The number of hydrogen-bond acceptors (Lipinski definition) is 5. The molecule has 1 aromatic heterocycles. The van der Waals surface area contributed by atoms with E-state index in [4.69, 9.17) is 9.15 Å². The highest BCUT2D eigenvalue weighted by molar-refractivity contribution is 6.00. The van der Waals surface area contributed by atoms with Crippen LogP contribution in [-0.2, 0) is 6.42 Å². The van der Waals surface area contributed by atoms with Crippen molar-refractivity contribution in [3.63, 3.8) is 0 Å². The highest BCUT2D eigenvalue weighted by Gasteiger charge is 2.20. The van der Waals surface area contributed by atoms with Crippen molar-refractivity contribution in [2.24, 2.45) is 0 Å². The van der Waals surface area contributed by atoms with E-state index < -0.39 is 0 Å². The molecule has 0 saturated carbocycles. The highest BCUT2D eigenvalue weighted by Crippen LogP contribution is 2.44. The molecule has 0 aliphatic rings. The van der Waals surface area contributed by atoms with Gasteiger partial charge in [-0.1, -0.05) is 11.6 Å². The van der Waals surface area contributed by atoms with Crippen LogP contribution < -0.4 is 4.74 Å². The molecule has 2 aromatic carbocycles. The van der Waals surface area contributed by atoms with Gasteiger partial charge in [0, 0.05) is 17.0 Å². The molecule has 0 aliphatic carbocycles. The van der Waals surface area contributed by atoms with Gasteiger partial charge in [0.25, 0.3) is 0 Å².